The first-order valence-electron chi connectivity index (χ1n) is 5.53. The monoisotopic (exact) mass is 318 g/mol. The molecule has 0 bridgehead atoms. The summed E-state index contributed by atoms with van der Waals surface area (Å²) in [5.41, 5.74) is 4.67. The van der Waals surface area contributed by atoms with Crippen LogP contribution in [-0.2, 0) is 25.5 Å². The van der Waals surface area contributed by atoms with Crippen molar-refractivity contribution in [1.82, 2.24) is 10.9 Å². The van der Waals surface area contributed by atoms with Crippen molar-refractivity contribution in [1.29, 1.82) is 0 Å². The minimum atomic E-state index is -0.643. The van der Waals surface area contributed by atoms with Gasteiger partial charge < -0.3 is 4.74 Å². The maximum Gasteiger partial charge on any atom is 0.310 e. The molecule has 1 aromatic rings. The largest absolute Gasteiger partial charge is 0.455 e. The van der Waals surface area contributed by atoms with E-state index in [0.717, 1.165) is 0 Å². The Morgan fingerprint density at radius 2 is 1.90 bits per heavy atom. The molecule has 0 fully saturated rings. The van der Waals surface area contributed by atoms with Gasteiger partial charge in [-0.3, -0.25) is 25.2 Å². The molecule has 20 heavy (non-hydrogen) atoms. The van der Waals surface area contributed by atoms with Crippen molar-refractivity contribution < 1.29 is 19.1 Å². The normalized spacial score (nSPS) is 9.75. The van der Waals surface area contributed by atoms with Gasteiger partial charge in [-0.25, -0.2) is 0 Å². The van der Waals surface area contributed by atoms with Gasteiger partial charge in [0.05, 0.1) is 6.42 Å². The third kappa shape index (κ3) is 5.90. The Labute approximate surface area is 125 Å². The molecule has 1 rings (SSSR count). The Balaban J connectivity index is 2.40. The summed E-state index contributed by atoms with van der Waals surface area (Å²) in [5.74, 6) is -1.69. The molecule has 0 aliphatic heterocycles. The Kier molecular flexibility index (Phi) is 6.27. The molecule has 0 unspecified atom stereocenters. The van der Waals surface area contributed by atoms with Crippen molar-refractivity contribution in [2.24, 2.45) is 0 Å². The zero-order valence-corrected chi connectivity index (χ0v) is 12.0. The fraction of sp³-hybridized carbons (Fsp3) is 0.250. The summed E-state index contributed by atoms with van der Waals surface area (Å²) >= 11 is 11.6. The third-order valence-electron chi connectivity index (χ3n) is 2.09. The van der Waals surface area contributed by atoms with Gasteiger partial charge in [0.15, 0.2) is 6.61 Å². The fourth-order valence-electron chi connectivity index (χ4n) is 1.21. The molecule has 0 saturated heterocycles. The van der Waals surface area contributed by atoms with Crippen LogP contribution in [-0.4, -0.2) is 24.4 Å². The molecule has 1 aromatic carbocycles. The molecular formula is C12H12Cl2N2O4. The van der Waals surface area contributed by atoms with Crippen molar-refractivity contribution in [2.45, 2.75) is 13.3 Å². The second-order valence-corrected chi connectivity index (χ2v) is 4.65. The molecule has 0 aliphatic carbocycles. The lowest BCUT2D eigenvalue weighted by Crippen LogP contribution is -2.42. The number of hydrogen-bond donors (Lipinski definition) is 2. The number of halogens is 2. The summed E-state index contributed by atoms with van der Waals surface area (Å²) in [7, 11) is 0. The highest BCUT2D eigenvalue weighted by Crippen LogP contribution is 2.21. The lowest BCUT2D eigenvalue weighted by Gasteiger charge is -2.07. The van der Waals surface area contributed by atoms with Gasteiger partial charge in [-0.1, -0.05) is 29.3 Å². The summed E-state index contributed by atoms with van der Waals surface area (Å²) in [6, 6.07) is 4.71. The maximum absolute atomic E-state index is 11.5. The summed E-state index contributed by atoms with van der Waals surface area (Å²) in [5, 5.41) is 0.805. The van der Waals surface area contributed by atoms with E-state index in [1.165, 1.54) is 13.0 Å². The number of ether oxygens (including phenoxy) is 1. The molecule has 108 valence electrons. The maximum atomic E-state index is 11.5. The highest BCUT2D eigenvalue weighted by Gasteiger charge is 2.11. The van der Waals surface area contributed by atoms with Crippen LogP contribution in [0.1, 0.15) is 12.5 Å². The van der Waals surface area contributed by atoms with E-state index in [2.05, 4.69) is 10.9 Å². The van der Waals surface area contributed by atoms with Gasteiger partial charge >= 0.3 is 5.97 Å². The van der Waals surface area contributed by atoms with Crippen molar-refractivity contribution in [2.75, 3.05) is 6.61 Å². The Bertz CT molecular complexity index is 534. The topological polar surface area (TPSA) is 84.5 Å². The van der Waals surface area contributed by atoms with Crippen molar-refractivity contribution in [3.63, 3.8) is 0 Å². The van der Waals surface area contributed by atoms with Gasteiger partial charge in [0.25, 0.3) is 5.91 Å². The highest BCUT2D eigenvalue weighted by atomic mass is 35.5. The molecule has 8 heteroatoms. The smallest absolute Gasteiger partial charge is 0.310 e. The van der Waals surface area contributed by atoms with Crippen LogP contribution in [0, 0.1) is 0 Å². The van der Waals surface area contributed by atoms with Crippen LogP contribution in [0.15, 0.2) is 18.2 Å². The molecule has 2 N–H and O–H groups in total. The summed E-state index contributed by atoms with van der Waals surface area (Å²) in [4.78, 5) is 33.2. The van der Waals surface area contributed by atoms with Gasteiger partial charge in [-0.05, 0) is 17.7 Å². The summed E-state index contributed by atoms with van der Waals surface area (Å²) in [6.45, 7) is 0.735. The Hall–Kier alpha value is -1.79. The summed E-state index contributed by atoms with van der Waals surface area (Å²) < 4.78 is 4.73. The zero-order chi connectivity index (χ0) is 15.1. The number of amides is 2. The molecule has 0 aliphatic rings. The predicted molar refractivity (Wildman–Crippen MR) is 73.1 cm³/mol. The van der Waals surface area contributed by atoms with Crippen molar-refractivity contribution in [3.05, 3.63) is 33.8 Å². The minimum Gasteiger partial charge on any atom is -0.455 e. The van der Waals surface area contributed by atoms with E-state index in [-0.39, 0.29) is 6.42 Å². The van der Waals surface area contributed by atoms with Crippen molar-refractivity contribution in [3.8, 4) is 0 Å². The van der Waals surface area contributed by atoms with E-state index >= 15 is 0 Å². The zero-order valence-electron chi connectivity index (χ0n) is 10.5. The van der Waals surface area contributed by atoms with E-state index in [9.17, 15) is 14.4 Å². The number of benzene rings is 1. The SMILES string of the molecule is CC(=O)NNC(=O)COC(=O)Cc1ccc(Cl)cc1Cl. The minimum absolute atomic E-state index is 0.0799. The molecule has 0 atom stereocenters. The van der Waals surface area contributed by atoms with Gasteiger partial charge in [0.2, 0.25) is 5.91 Å². The first-order valence-corrected chi connectivity index (χ1v) is 6.29. The number of rotatable bonds is 4. The average molecular weight is 319 g/mol. The molecule has 0 heterocycles. The van der Waals surface area contributed by atoms with E-state index in [0.29, 0.717) is 15.6 Å². The molecule has 0 aromatic heterocycles. The number of hydrazine groups is 1. The molecule has 0 radical (unpaired) electrons. The highest BCUT2D eigenvalue weighted by molar-refractivity contribution is 6.35. The first kappa shape index (κ1) is 16.3. The quantitative estimate of drug-likeness (QED) is 0.646. The van der Waals surface area contributed by atoms with Crippen LogP contribution < -0.4 is 10.9 Å². The second kappa shape index (κ2) is 7.72. The van der Waals surface area contributed by atoms with Crippen LogP contribution in [0.2, 0.25) is 10.0 Å². The van der Waals surface area contributed by atoms with Crippen molar-refractivity contribution >= 4 is 41.0 Å². The Morgan fingerprint density at radius 3 is 2.50 bits per heavy atom. The van der Waals surface area contributed by atoms with Crippen LogP contribution in [0.4, 0.5) is 0 Å². The molecular weight excluding hydrogens is 307 g/mol. The van der Waals surface area contributed by atoms with E-state index in [1.807, 2.05) is 0 Å². The van der Waals surface area contributed by atoms with Gasteiger partial charge in [-0.2, -0.15) is 0 Å². The summed E-state index contributed by atoms with van der Waals surface area (Å²) in [6.07, 6.45) is -0.0799. The lowest BCUT2D eigenvalue weighted by molar-refractivity contribution is -0.148. The average Bonchev–Trinajstić information content (AvgIpc) is 2.37. The van der Waals surface area contributed by atoms with Gasteiger partial charge in [-0.15, -0.1) is 0 Å². The molecule has 0 spiro atoms. The second-order valence-electron chi connectivity index (χ2n) is 3.80. The Morgan fingerprint density at radius 1 is 1.20 bits per heavy atom. The standard InChI is InChI=1S/C12H12Cl2N2O4/c1-7(17)15-16-11(18)6-20-12(19)4-8-2-3-9(13)5-10(8)14/h2-3,5H,4,6H2,1H3,(H,15,17)(H,16,18). The number of carbonyl (C=O) groups is 3. The van der Waals surface area contributed by atoms with Gasteiger partial charge in [0, 0.05) is 17.0 Å². The van der Waals surface area contributed by atoms with Crippen LogP contribution in [0.5, 0.6) is 0 Å². The number of hydrogen-bond acceptors (Lipinski definition) is 4. The number of esters is 1. The van der Waals surface area contributed by atoms with Crippen LogP contribution >= 0.6 is 23.2 Å². The molecule has 0 saturated carbocycles. The molecule has 6 nitrogen and oxygen atoms in total. The van der Waals surface area contributed by atoms with Gasteiger partial charge in [0.1, 0.15) is 0 Å². The molecule has 2 amide bonds. The van der Waals surface area contributed by atoms with E-state index < -0.39 is 24.4 Å². The lowest BCUT2D eigenvalue weighted by atomic mass is 10.1. The first-order chi connectivity index (χ1) is 9.38. The third-order valence-corrected chi connectivity index (χ3v) is 2.68. The van der Waals surface area contributed by atoms with E-state index in [1.54, 1.807) is 12.1 Å². The van der Waals surface area contributed by atoms with E-state index in [4.69, 9.17) is 27.9 Å². The fourth-order valence-corrected chi connectivity index (χ4v) is 1.69. The number of nitrogens with one attached hydrogen (secondary N) is 2. The predicted octanol–water partition coefficient (Wildman–Crippen LogP) is 1.25. The number of carbonyl (C=O) groups excluding carboxylic acids is 3. The van der Waals surface area contributed by atoms with Crippen LogP contribution in [0.25, 0.3) is 0 Å². The van der Waals surface area contributed by atoms with Crippen LogP contribution in [0.3, 0.4) is 0 Å².